The van der Waals surface area contributed by atoms with Crippen molar-refractivity contribution < 1.29 is 14.0 Å². The van der Waals surface area contributed by atoms with Gasteiger partial charge in [-0.2, -0.15) is 0 Å². The van der Waals surface area contributed by atoms with E-state index in [4.69, 9.17) is 15.2 Å². The predicted octanol–water partition coefficient (Wildman–Crippen LogP) is 3.10. The molecule has 0 heterocycles. The molecule has 112 valence electrons. The Bertz CT molecular complexity index is 662. The van der Waals surface area contributed by atoms with Crippen LogP contribution in [0.3, 0.4) is 0 Å². The highest BCUT2D eigenvalue weighted by atomic mass is 31.2. The van der Waals surface area contributed by atoms with Crippen LogP contribution < -0.4 is 20.5 Å². The number of nitrogens with two attached hydrogens (primary N) is 1. The molecule has 0 unspecified atom stereocenters. The Labute approximate surface area is 125 Å². The number of methoxy groups -OCH3 is 1. The van der Waals surface area contributed by atoms with E-state index in [9.17, 15) is 4.57 Å². The fraction of sp³-hybridized carbons (Fsp3) is 0.250. The summed E-state index contributed by atoms with van der Waals surface area (Å²) in [6, 6.07) is 13.0. The van der Waals surface area contributed by atoms with E-state index in [2.05, 4.69) is 0 Å². The standard InChI is InChI=1S/C16H20NO3P/c1-19-13-9-7-12(8-10-13)11-20-15-6-4-5-14(17)16(15)21(2,3)18/h4-10H,11,17H2,1-3H3. The first-order valence-corrected chi connectivity index (χ1v) is 9.21. The van der Waals surface area contributed by atoms with E-state index in [0.717, 1.165) is 11.3 Å². The molecule has 21 heavy (non-hydrogen) atoms. The van der Waals surface area contributed by atoms with Gasteiger partial charge in [-0.15, -0.1) is 0 Å². The van der Waals surface area contributed by atoms with Crippen molar-refractivity contribution in [1.29, 1.82) is 0 Å². The molecule has 4 nitrogen and oxygen atoms in total. The summed E-state index contributed by atoms with van der Waals surface area (Å²) in [6.45, 7) is 3.78. The second-order valence-corrected chi connectivity index (χ2v) is 8.33. The van der Waals surface area contributed by atoms with Gasteiger partial charge in [0.25, 0.3) is 0 Å². The second kappa shape index (κ2) is 6.23. The average Bonchev–Trinajstić information content (AvgIpc) is 2.44. The lowest BCUT2D eigenvalue weighted by Gasteiger charge is -2.16. The smallest absolute Gasteiger partial charge is 0.132 e. The van der Waals surface area contributed by atoms with E-state index in [1.165, 1.54) is 0 Å². The molecule has 0 aliphatic carbocycles. The van der Waals surface area contributed by atoms with Gasteiger partial charge in [-0.25, -0.2) is 0 Å². The van der Waals surface area contributed by atoms with Gasteiger partial charge in [-0.1, -0.05) is 18.2 Å². The summed E-state index contributed by atoms with van der Waals surface area (Å²) in [6.07, 6.45) is 0. The molecule has 0 aliphatic rings. The van der Waals surface area contributed by atoms with Crippen LogP contribution in [-0.2, 0) is 11.2 Å². The molecule has 0 aliphatic heterocycles. The summed E-state index contributed by atoms with van der Waals surface area (Å²) in [5.74, 6) is 1.38. The Morgan fingerprint density at radius 2 is 1.76 bits per heavy atom. The molecule has 0 spiro atoms. The van der Waals surface area contributed by atoms with E-state index < -0.39 is 7.14 Å². The third kappa shape index (κ3) is 3.79. The zero-order valence-electron chi connectivity index (χ0n) is 12.5. The van der Waals surface area contributed by atoms with Crippen molar-refractivity contribution in [2.24, 2.45) is 0 Å². The summed E-state index contributed by atoms with van der Waals surface area (Å²) < 4.78 is 23.3. The Kier molecular flexibility index (Phi) is 4.59. The van der Waals surface area contributed by atoms with Crippen LogP contribution in [0.5, 0.6) is 11.5 Å². The van der Waals surface area contributed by atoms with Gasteiger partial charge in [0.15, 0.2) is 0 Å². The van der Waals surface area contributed by atoms with Crippen LogP contribution in [0.25, 0.3) is 0 Å². The van der Waals surface area contributed by atoms with Gasteiger partial charge in [-0.05, 0) is 43.2 Å². The maximum absolute atomic E-state index is 12.4. The van der Waals surface area contributed by atoms with Crippen molar-refractivity contribution in [1.82, 2.24) is 0 Å². The van der Waals surface area contributed by atoms with Crippen LogP contribution >= 0.6 is 7.14 Å². The van der Waals surface area contributed by atoms with E-state index in [-0.39, 0.29) is 0 Å². The minimum atomic E-state index is -2.50. The van der Waals surface area contributed by atoms with Crippen LogP contribution in [-0.4, -0.2) is 20.4 Å². The fourth-order valence-electron chi connectivity index (χ4n) is 2.11. The molecule has 2 rings (SSSR count). The highest BCUT2D eigenvalue weighted by Crippen LogP contribution is 2.41. The Morgan fingerprint density at radius 1 is 1.10 bits per heavy atom. The Morgan fingerprint density at radius 3 is 2.33 bits per heavy atom. The Hall–Kier alpha value is -1.93. The molecule has 2 N–H and O–H groups in total. The lowest BCUT2D eigenvalue weighted by molar-refractivity contribution is 0.308. The number of anilines is 1. The van der Waals surface area contributed by atoms with Gasteiger partial charge in [0.2, 0.25) is 0 Å². The van der Waals surface area contributed by atoms with Crippen LogP contribution in [0.1, 0.15) is 5.56 Å². The molecule has 2 aromatic rings. The maximum atomic E-state index is 12.4. The summed E-state index contributed by atoms with van der Waals surface area (Å²) in [5.41, 5.74) is 7.46. The highest BCUT2D eigenvalue weighted by molar-refractivity contribution is 7.70. The van der Waals surface area contributed by atoms with Gasteiger partial charge in [0, 0.05) is 5.69 Å². The summed E-state index contributed by atoms with van der Waals surface area (Å²) in [5, 5.41) is 0.610. The molecular formula is C16H20NO3P. The van der Waals surface area contributed by atoms with Crippen molar-refractivity contribution in [3.63, 3.8) is 0 Å². The summed E-state index contributed by atoms with van der Waals surface area (Å²) >= 11 is 0. The van der Waals surface area contributed by atoms with Crippen molar-refractivity contribution in [2.75, 3.05) is 26.2 Å². The minimum absolute atomic E-state index is 0.389. The molecular weight excluding hydrogens is 285 g/mol. The fourth-order valence-corrected chi connectivity index (χ4v) is 3.48. The van der Waals surface area contributed by atoms with Crippen molar-refractivity contribution in [3.8, 4) is 11.5 Å². The number of nitrogen functional groups attached to an aromatic ring is 1. The minimum Gasteiger partial charge on any atom is -0.497 e. The topological polar surface area (TPSA) is 61.6 Å². The largest absolute Gasteiger partial charge is 0.497 e. The molecule has 2 aromatic carbocycles. The lowest BCUT2D eigenvalue weighted by Crippen LogP contribution is -2.14. The van der Waals surface area contributed by atoms with Gasteiger partial charge in [0.1, 0.15) is 25.2 Å². The van der Waals surface area contributed by atoms with E-state index in [0.29, 0.717) is 23.3 Å². The number of benzene rings is 2. The van der Waals surface area contributed by atoms with E-state index in [1.54, 1.807) is 38.6 Å². The number of hydrogen-bond acceptors (Lipinski definition) is 4. The molecule has 0 fully saturated rings. The maximum Gasteiger partial charge on any atom is 0.132 e. The van der Waals surface area contributed by atoms with Crippen molar-refractivity contribution in [3.05, 3.63) is 48.0 Å². The van der Waals surface area contributed by atoms with Gasteiger partial charge in [-0.3, -0.25) is 0 Å². The molecule has 0 aromatic heterocycles. The van der Waals surface area contributed by atoms with Crippen LogP contribution in [0.4, 0.5) is 5.69 Å². The second-order valence-electron chi connectivity index (χ2n) is 5.18. The molecule has 0 atom stereocenters. The SMILES string of the molecule is COc1ccc(COc2cccc(N)c2P(C)(C)=O)cc1. The lowest BCUT2D eigenvalue weighted by atomic mass is 10.2. The zero-order chi connectivity index (χ0) is 15.5. The number of rotatable bonds is 5. The average molecular weight is 305 g/mol. The molecule has 0 amide bonds. The van der Waals surface area contributed by atoms with Crippen LogP contribution in [0, 0.1) is 0 Å². The van der Waals surface area contributed by atoms with Gasteiger partial charge in [0.05, 0.1) is 12.4 Å². The van der Waals surface area contributed by atoms with Gasteiger partial charge >= 0.3 is 0 Å². The third-order valence-electron chi connectivity index (χ3n) is 3.12. The summed E-state index contributed by atoms with van der Waals surface area (Å²) in [4.78, 5) is 0. The first-order valence-electron chi connectivity index (χ1n) is 6.61. The van der Waals surface area contributed by atoms with Crippen molar-refractivity contribution >= 4 is 18.1 Å². The third-order valence-corrected chi connectivity index (χ3v) is 4.68. The Balaban J connectivity index is 2.20. The monoisotopic (exact) mass is 305 g/mol. The molecule has 5 heteroatoms. The van der Waals surface area contributed by atoms with Crippen LogP contribution in [0.2, 0.25) is 0 Å². The highest BCUT2D eigenvalue weighted by Gasteiger charge is 2.20. The van der Waals surface area contributed by atoms with Gasteiger partial charge < -0.3 is 19.8 Å². The normalized spacial score (nSPS) is 11.2. The molecule has 0 saturated carbocycles. The van der Waals surface area contributed by atoms with E-state index in [1.807, 2.05) is 24.3 Å². The zero-order valence-corrected chi connectivity index (χ0v) is 13.4. The summed E-state index contributed by atoms with van der Waals surface area (Å²) in [7, 11) is -0.868. The first-order chi connectivity index (χ1) is 9.91. The number of ether oxygens (including phenoxy) is 2. The van der Waals surface area contributed by atoms with Crippen molar-refractivity contribution in [2.45, 2.75) is 6.61 Å². The predicted molar refractivity (Wildman–Crippen MR) is 87.3 cm³/mol. The van der Waals surface area contributed by atoms with E-state index >= 15 is 0 Å². The molecule has 0 saturated heterocycles. The quantitative estimate of drug-likeness (QED) is 0.681. The van der Waals surface area contributed by atoms with Crippen LogP contribution in [0.15, 0.2) is 42.5 Å². The molecule has 0 radical (unpaired) electrons. The molecule has 0 bridgehead atoms. The number of hydrogen-bond donors (Lipinski definition) is 1. The first kappa shape index (κ1) is 15.5.